The number of aromatic nitrogens is 1. The minimum Gasteiger partial charge on any atom is -0.494 e. The molecule has 1 saturated heterocycles. The first-order valence-electron chi connectivity index (χ1n) is 13.0. The van der Waals surface area contributed by atoms with E-state index in [4.69, 9.17) is 14.9 Å². The number of Topliss-reactive ketones (excluding diaryl/α,β-unsaturated/α-hetero) is 1. The van der Waals surface area contributed by atoms with Crippen LogP contribution in [0.25, 0.3) is 0 Å². The number of aliphatic hydroxyl groups excluding tert-OH is 2. The van der Waals surface area contributed by atoms with E-state index in [1.54, 1.807) is 24.1 Å². The summed E-state index contributed by atoms with van der Waals surface area (Å²) in [4.78, 5) is 33.9. The number of amidine groups is 1. The number of β-amino-alcohol motifs (C(OH)–C–C–N with tert-alkyl or cyclic N) is 2. The molecular formula is C28H38BrN5O6. The molecule has 2 unspecified atom stereocenters. The number of carbonyl (C=O) groups excluding carboxylic acids is 2. The van der Waals surface area contributed by atoms with Crippen LogP contribution in [0.1, 0.15) is 65.4 Å². The maximum atomic E-state index is 13.7. The number of carbonyl (C=O) groups is 2. The first-order valence-corrected chi connectivity index (χ1v) is 13.0. The summed E-state index contributed by atoms with van der Waals surface area (Å²) in [6.07, 6.45) is -1.80. The molecule has 4 rings (SSSR count). The van der Waals surface area contributed by atoms with Crippen LogP contribution in [0.15, 0.2) is 18.2 Å². The van der Waals surface area contributed by atoms with Gasteiger partial charge in [0.05, 0.1) is 38.2 Å². The molecular weight excluding hydrogens is 582 g/mol. The third kappa shape index (κ3) is 5.93. The molecule has 1 aromatic carbocycles. The van der Waals surface area contributed by atoms with Crippen molar-refractivity contribution in [2.75, 3.05) is 45.3 Å². The highest BCUT2D eigenvalue weighted by atomic mass is 79.9. The van der Waals surface area contributed by atoms with Crippen LogP contribution in [0.4, 0.5) is 5.69 Å². The minimum atomic E-state index is -0.899. The van der Waals surface area contributed by atoms with Gasteiger partial charge in [-0.05, 0) is 30.5 Å². The lowest BCUT2D eigenvalue weighted by Crippen LogP contribution is -2.31. The first kappa shape index (κ1) is 31.3. The number of hydrogen-bond acceptors (Lipinski definition) is 9. The summed E-state index contributed by atoms with van der Waals surface area (Å²) in [5, 5.41) is 31.6. The molecule has 40 heavy (non-hydrogen) atoms. The zero-order valence-corrected chi connectivity index (χ0v) is 25.4. The highest BCUT2D eigenvalue weighted by Gasteiger charge is 2.35. The van der Waals surface area contributed by atoms with E-state index in [2.05, 4.69) is 10.3 Å². The fourth-order valence-corrected chi connectivity index (χ4v) is 4.99. The second-order valence-electron chi connectivity index (χ2n) is 10.8. The summed E-state index contributed by atoms with van der Waals surface area (Å²) in [7, 11) is 3.07. The number of ketones is 1. The van der Waals surface area contributed by atoms with Crippen LogP contribution in [-0.4, -0.2) is 90.2 Å². The number of rotatable bonds is 8. The molecule has 0 radical (unpaired) electrons. The van der Waals surface area contributed by atoms with Crippen LogP contribution < -0.4 is 19.7 Å². The fourth-order valence-electron chi connectivity index (χ4n) is 4.99. The van der Waals surface area contributed by atoms with E-state index in [0.29, 0.717) is 40.6 Å². The summed E-state index contributed by atoms with van der Waals surface area (Å²) >= 11 is 0. The Kier molecular flexibility index (Phi) is 9.48. The molecule has 2 atom stereocenters. The van der Waals surface area contributed by atoms with Gasteiger partial charge in [-0.1, -0.05) is 20.8 Å². The molecule has 1 amide bonds. The van der Waals surface area contributed by atoms with Gasteiger partial charge in [0.25, 0.3) is 5.91 Å². The number of aliphatic hydroxyl groups is 2. The Bertz CT molecular complexity index is 1300. The van der Waals surface area contributed by atoms with Crippen molar-refractivity contribution in [3.05, 3.63) is 46.3 Å². The van der Waals surface area contributed by atoms with Crippen LogP contribution in [-0.2, 0) is 12.0 Å². The predicted octanol–water partition coefficient (Wildman–Crippen LogP) is 2.29. The lowest BCUT2D eigenvalue weighted by molar-refractivity contribution is 0.0572. The van der Waals surface area contributed by atoms with Crippen LogP contribution in [0.3, 0.4) is 0 Å². The molecule has 0 aliphatic carbocycles. The van der Waals surface area contributed by atoms with Crippen molar-refractivity contribution >= 4 is 40.2 Å². The Hall–Kier alpha value is -3.22. The number of methoxy groups -OCH3 is 1. The number of pyridine rings is 1. The van der Waals surface area contributed by atoms with Crippen LogP contribution in [0.2, 0.25) is 0 Å². The van der Waals surface area contributed by atoms with Gasteiger partial charge in [0, 0.05) is 43.4 Å². The highest BCUT2D eigenvalue weighted by Crippen LogP contribution is 2.41. The molecule has 2 aliphatic rings. The average molecular weight is 621 g/mol. The first-order chi connectivity index (χ1) is 18.4. The lowest BCUT2D eigenvalue weighted by Gasteiger charge is -2.29. The van der Waals surface area contributed by atoms with Crippen molar-refractivity contribution in [3.8, 4) is 11.5 Å². The normalized spacial score (nSPS) is 18.4. The van der Waals surface area contributed by atoms with Gasteiger partial charge in [0.2, 0.25) is 0 Å². The summed E-state index contributed by atoms with van der Waals surface area (Å²) in [6, 6.07) is 5.25. The zero-order valence-electron chi connectivity index (χ0n) is 23.7. The molecule has 1 fully saturated rings. The van der Waals surface area contributed by atoms with E-state index in [-0.39, 0.29) is 65.9 Å². The largest absolute Gasteiger partial charge is 0.494 e. The maximum absolute atomic E-state index is 13.7. The Balaban J connectivity index is 0.00000441. The van der Waals surface area contributed by atoms with Gasteiger partial charge < -0.3 is 34.8 Å². The molecule has 3 heterocycles. The van der Waals surface area contributed by atoms with E-state index in [0.717, 1.165) is 5.56 Å². The Labute approximate surface area is 244 Å². The second-order valence-corrected chi connectivity index (χ2v) is 10.8. The molecule has 1 aromatic heterocycles. The SMILES string of the molecule is Br.CCOc1cc2c(nc1C(=O)NC)C(=N)N(CC(=O)c1cc(N3CC(O)C(O)C3)c(OC)c(C(C)(C)C)c1)C2. The van der Waals surface area contributed by atoms with Crippen molar-refractivity contribution in [1.82, 2.24) is 15.2 Å². The number of amides is 1. The maximum Gasteiger partial charge on any atom is 0.273 e. The minimum absolute atomic E-state index is 0. The monoisotopic (exact) mass is 619 g/mol. The Morgan fingerprint density at radius 3 is 2.38 bits per heavy atom. The van der Waals surface area contributed by atoms with Crippen LogP contribution in [0, 0.1) is 5.41 Å². The van der Waals surface area contributed by atoms with E-state index >= 15 is 0 Å². The van der Waals surface area contributed by atoms with Crippen molar-refractivity contribution in [1.29, 1.82) is 5.41 Å². The fraction of sp³-hybridized carbons (Fsp3) is 0.500. The van der Waals surface area contributed by atoms with Crippen molar-refractivity contribution in [3.63, 3.8) is 0 Å². The predicted molar refractivity (Wildman–Crippen MR) is 157 cm³/mol. The van der Waals surface area contributed by atoms with Crippen molar-refractivity contribution < 1.29 is 29.3 Å². The van der Waals surface area contributed by atoms with Gasteiger partial charge in [-0.2, -0.15) is 0 Å². The van der Waals surface area contributed by atoms with Gasteiger partial charge in [-0.3, -0.25) is 15.0 Å². The summed E-state index contributed by atoms with van der Waals surface area (Å²) in [5.41, 5.74) is 2.66. The summed E-state index contributed by atoms with van der Waals surface area (Å²) < 4.78 is 11.4. The highest BCUT2D eigenvalue weighted by molar-refractivity contribution is 8.93. The molecule has 2 aliphatic heterocycles. The molecule has 0 saturated carbocycles. The van der Waals surface area contributed by atoms with E-state index in [9.17, 15) is 19.8 Å². The van der Waals surface area contributed by atoms with Gasteiger partial charge >= 0.3 is 0 Å². The number of anilines is 1. The smallest absolute Gasteiger partial charge is 0.273 e. The van der Waals surface area contributed by atoms with Crippen LogP contribution in [0.5, 0.6) is 11.5 Å². The van der Waals surface area contributed by atoms with E-state index in [1.165, 1.54) is 7.05 Å². The molecule has 12 heteroatoms. The van der Waals surface area contributed by atoms with Crippen LogP contribution >= 0.6 is 17.0 Å². The summed E-state index contributed by atoms with van der Waals surface area (Å²) in [6.45, 7) is 8.87. The van der Waals surface area contributed by atoms with Gasteiger partial charge in [0.1, 0.15) is 17.3 Å². The van der Waals surface area contributed by atoms with E-state index < -0.39 is 18.1 Å². The third-order valence-electron chi connectivity index (χ3n) is 7.05. The molecule has 0 bridgehead atoms. The lowest BCUT2D eigenvalue weighted by atomic mass is 9.84. The number of benzene rings is 1. The number of ether oxygens (including phenoxy) is 2. The van der Waals surface area contributed by atoms with Gasteiger partial charge in [-0.15, -0.1) is 17.0 Å². The average Bonchev–Trinajstić information content (AvgIpc) is 3.38. The number of nitrogens with zero attached hydrogens (tertiary/aromatic N) is 3. The van der Waals surface area contributed by atoms with Gasteiger partial charge in [-0.25, -0.2) is 4.98 Å². The molecule has 218 valence electrons. The molecule has 2 aromatic rings. The number of fused-ring (bicyclic) bond motifs is 1. The Morgan fingerprint density at radius 2 is 1.82 bits per heavy atom. The number of halogens is 1. The Morgan fingerprint density at radius 1 is 1.18 bits per heavy atom. The molecule has 0 spiro atoms. The summed E-state index contributed by atoms with van der Waals surface area (Å²) in [5.74, 6) is 0.361. The second kappa shape index (κ2) is 12.1. The standard InChI is InChI=1S/C28H37N5O6.BrH/c1-7-39-22-10-16-11-33(26(29)23(16)31-24(22)27(37)30-5)12-19(34)15-8-17(28(2,3)4)25(38-6)18(9-15)32-13-20(35)21(36)14-32;/h8-10,20-21,29,35-36H,7,11-14H2,1-6H3,(H,30,37);1H. The van der Waals surface area contributed by atoms with E-state index in [1.807, 2.05) is 38.7 Å². The van der Waals surface area contributed by atoms with Crippen molar-refractivity contribution in [2.45, 2.75) is 51.9 Å². The zero-order chi connectivity index (χ0) is 28.6. The number of hydrogen-bond donors (Lipinski definition) is 4. The topological polar surface area (TPSA) is 148 Å². The quantitative estimate of drug-likeness (QED) is 0.327. The molecule has 4 N–H and O–H groups in total. The third-order valence-corrected chi connectivity index (χ3v) is 7.05. The van der Waals surface area contributed by atoms with Gasteiger partial charge in [0.15, 0.2) is 17.2 Å². The molecule has 11 nitrogen and oxygen atoms in total. The number of nitrogens with one attached hydrogen (secondary N) is 2. The van der Waals surface area contributed by atoms with Crippen molar-refractivity contribution in [2.24, 2.45) is 0 Å².